The number of hydrogen-bond donors (Lipinski definition) is 1. The Morgan fingerprint density at radius 3 is 2.54 bits per heavy atom. The van der Waals surface area contributed by atoms with Gasteiger partial charge in [0.05, 0.1) is 0 Å². The molecule has 7 heteroatoms. The normalized spacial score (nSPS) is 16.0. The number of aromatic amines is 1. The second-order valence-electron chi connectivity index (χ2n) is 5.81. The van der Waals surface area contributed by atoms with E-state index >= 15 is 0 Å². The van der Waals surface area contributed by atoms with Crippen LogP contribution in [0, 0.1) is 0 Å². The van der Waals surface area contributed by atoms with Gasteiger partial charge >= 0.3 is 5.69 Å². The van der Waals surface area contributed by atoms with Crippen molar-refractivity contribution in [3.63, 3.8) is 0 Å². The monoisotopic (exact) mass is 327 g/mol. The molecule has 0 unspecified atom stereocenters. The molecule has 126 valence electrons. The molecule has 1 aliphatic rings. The second-order valence-corrected chi connectivity index (χ2v) is 5.81. The van der Waals surface area contributed by atoms with E-state index in [0.717, 1.165) is 24.3 Å². The minimum Gasteiger partial charge on any atom is -0.333 e. The molecule has 0 spiro atoms. The average molecular weight is 327 g/mol. The molecule has 1 aromatic heterocycles. The number of carbonyl (C=O) groups excluding carboxylic acids is 1. The first-order valence-corrected chi connectivity index (χ1v) is 8.00. The Morgan fingerprint density at radius 1 is 1.21 bits per heavy atom. The topological polar surface area (TPSA) is 74.2 Å². The number of nitrogens with one attached hydrogen (secondary N) is 1. The van der Waals surface area contributed by atoms with Gasteiger partial charge in [0.25, 0.3) is 5.91 Å². The number of piperazine rings is 1. The van der Waals surface area contributed by atoms with Crippen LogP contribution in [0.15, 0.2) is 41.2 Å². The van der Waals surface area contributed by atoms with Crippen LogP contribution in [0.5, 0.6) is 0 Å². The predicted molar refractivity (Wildman–Crippen MR) is 91.6 cm³/mol. The molecule has 1 aromatic carbocycles. The zero-order valence-corrected chi connectivity index (χ0v) is 13.7. The summed E-state index contributed by atoms with van der Waals surface area (Å²) in [5.41, 5.74) is 0.813. The summed E-state index contributed by atoms with van der Waals surface area (Å²) in [6.45, 7) is 3.74. The Hall–Kier alpha value is -2.67. The van der Waals surface area contributed by atoms with Crippen molar-refractivity contribution in [1.82, 2.24) is 24.6 Å². The van der Waals surface area contributed by atoms with E-state index < -0.39 is 0 Å². The van der Waals surface area contributed by atoms with E-state index in [-0.39, 0.29) is 17.4 Å². The number of benzene rings is 1. The SMILES string of the molecule is Cn1nc(C(=O)N2CCN(C/C=C/c3ccccc3)CC2)[nH]c1=O. The molecule has 1 N–H and O–H groups in total. The first kappa shape index (κ1) is 16.2. The lowest BCUT2D eigenvalue weighted by Gasteiger charge is -2.33. The summed E-state index contributed by atoms with van der Waals surface area (Å²) in [6.07, 6.45) is 4.25. The molecule has 0 bridgehead atoms. The fourth-order valence-electron chi connectivity index (χ4n) is 2.68. The summed E-state index contributed by atoms with van der Waals surface area (Å²) < 4.78 is 1.14. The Balaban J connectivity index is 1.49. The van der Waals surface area contributed by atoms with Crippen LogP contribution >= 0.6 is 0 Å². The molecule has 0 saturated carbocycles. The minimum atomic E-state index is -0.372. The molecule has 2 heterocycles. The van der Waals surface area contributed by atoms with Crippen LogP contribution in [0.2, 0.25) is 0 Å². The van der Waals surface area contributed by atoms with Crippen LogP contribution < -0.4 is 5.69 Å². The highest BCUT2D eigenvalue weighted by Crippen LogP contribution is 2.06. The van der Waals surface area contributed by atoms with Crippen molar-refractivity contribution in [2.75, 3.05) is 32.7 Å². The largest absolute Gasteiger partial charge is 0.343 e. The number of carbonyl (C=O) groups is 1. The number of rotatable bonds is 4. The molecule has 1 saturated heterocycles. The number of aryl methyl sites for hydroxylation is 1. The van der Waals surface area contributed by atoms with Gasteiger partial charge in [0, 0.05) is 39.8 Å². The molecular formula is C17H21N5O2. The highest BCUT2D eigenvalue weighted by Gasteiger charge is 2.24. The van der Waals surface area contributed by atoms with E-state index in [1.165, 1.54) is 12.6 Å². The zero-order valence-electron chi connectivity index (χ0n) is 13.7. The third-order valence-electron chi connectivity index (χ3n) is 4.10. The van der Waals surface area contributed by atoms with Crippen LogP contribution in [-0.2, 0) is 7.05 Å². The van der Waals surface area contributed by atoms with E-state index in [4.69, 9.17) is 0 Å². The van der Waals surface area contributed by atoms with E-state index in [9.17, 15) is 9.59 Å². The molecule has 0 atom stereocenters. The third kappa shape index (κ3) is 3.80. The maximum Gasteiger partial charge on any atom is 0.343 e. The fourth-order valence-corrected chi connectivity index (χ4v) is 2.68. The summed E-state index contributed by atoms with van der Waals surface area (Å²) in [5.74, 6) is -0.105. The Morgan fingerprint density at radius 2 is 1.92 bits per heavy atom. The van der Waals surface area contributed by atoms with Crippen molar-refractivity contribution in [3.8, 4) is 0 Å². The molecule has 24 heavy (non-hydrogen) atoms. The Bertz CT molecular complexity index is 770. The smallest absolute Gasteiger partial charge is 0.333 e. The summed E-state index contributed by atoms with van der Waals surface area (Å²) in [7, 11) is 1.52. The van der Waals surface area contributed by atoms with Crippen molar-refractivity contribution in [2.45, 2.75) is 0 Å². The average Bonchev–Trinajstić information content (AvgIpc) is 2.95. The number of hydrogen-bond acceptors (Lipinski definition) is 4. The van der Waals surface area contributed by atoms with Gasteiger partial charge in [-0.2, -0.15) is 0 Å². The first-order chi connectivity index (χ1) is 11.6. The molecule has 1 amide bonds. The first-order valence-electron chi connectivity index (χ1n) is 8.00. The van der Waals surface area contributed by atoms with Gasteiger partial charge in [0.1, 0.15) is 0 Å². The molecule has 1 fully saturated rings. The predicted octanol–water partition coefficient (Wildman–Crippen LogP) is 0.580. The number of H-pyrrole nitrogens is 1. The van der Waals surface area contributed by atoms with E-state index in [0.29, 0.717) is 13.1 Å². The lowest BCUT2D eigenvalue weighted by atomic mass is 10.2. The number of amides is 1. The van der Waals surface area contributed by atoms with Crippen molar-refractivity contribution in [1.29, 1.82) is 0 Å². The highest BCUT2D eigenvalue weighted by molar-refractivity contribution is 5.90. The van der Waals surface area contributed by atoms with Crippen molar-refractivity contribution in [2.24, 2.45) is 7.05 Å². The van der Waals surface area contributed by atoms with Crippen LogP contribution in [0.3, 0.4) is 0 Å². The van der Waals surface area contributed by atoms with Gasteiger partial charge in [-0.25, -0.2) is 9.48 Å². The van der Waals surface area contributed by atoms with Crippen LogP contribution in [0.4, 0.5) is 0 Å². The molecule has 7 nitrogen and oxygen atoms in total. The molecule has 1 aliphatic heterocycles. The van der Waals surface area contributed by atoms with Crippen LogP contribution in [0.1, 0.15) is 16.2 Å². The maximum atomic E-state index is 12.3. The Labute approximate surface area is 140 Å². The molecule has 0 radical (unpaired) electrons. The summed E-state index contributed by atoms with van der Waals surface area (Å²) >= 11 is 0. The maximum absolute atomic E-state index is 12.3. The van der Waals surface area contributed by atoms with E-state index in [1.807, 2.05) is 18.2 Å². The van der Waals surface area contributed by atoms with Gasteiger partial charge in [0.15, 0.2) is 0 Å². The fraction of sp³-hybridized carbons (Fsp3) is 0.353. The molecule has 3 rings (SSSR count). The van der Waals surface area contributed by atoms with Crippen LogP contribution in [0.25, 0.3) is 6.08 Å². The quantitative estimate of drug-likeness (QED) is 0.891. The second kappa shape index (κ2) is 7.27. The van der Waals surface area contributed by atoms with Crippen LogP contribution in [-0.4, -0.2) is 63.2 Å². The van der Waals surface area contributed by atoms with E-state index in [1.54, 1.807) is 4.90 Å². The Kier molecular flexibility index (Phi) is 4.90. The van der Waals surface area contributed by atoms with Gasteiger partial charge in [-0.15, -0.1) is 5.10 Å². The number of nitrogens with zero attached hydrogens (tertiary/aromatic N) is 4. The lowest BCUT2D eigenvalue weighted by molar-refractivity contribution is 0.0638. The van der Waals surface area contributed by atoms with Gasteiger partial charge in [-0.3, -0.25) is 14.7 Å². The zero-order chi connectivity index (χ0) is 16.9. The summed E-state index contributed by atoms with van der Waals surface area (Å²) in [5, 5.41) is 3.92. The molecular weight excluding hydrogens is 306 g/mol. The summed E-state index contributed by atoms with van der Waals surface area (Å²) in [4.78, 5) is 30.2. The van der Waals surface area contributed by atoms with Gasteiger partial charge in [0.2, 0.25) is 5.82 Å². The van der Waals surface area contributed by atoms with Gasteiger partial charge in [-0.1, -0.05) is 42.5 Å². The van der Waals surface area contributed by atoms with Gasteiger partial charge in [-0.05, 0) is 5.56 Å². The van der Waals surface area contributed by atoms with Crippen molar-refractivity contribution in [3.05, 3.63) is 58.3 Å². The molecule has 2 aromatic rings. The van der Waals surface area contributed by atoms with Gasteiger partial charge < -0.3 is 4.90 Å². The molecule has 0 aliphatic carbocycles. The van der Waals surface area contributed by atoms with Crippen molar-refractivity contribution < 1.29 is 4.79 Å². The standard InChI is InChI=1S/C17H21N5O2/c1-20-17(24)18-15(19-20)16(23)22-12-10-21(11-13-22)9-5-8-14-6-3-2-4-7-14/h2-8H,9-13H2,1H3,(H,18,19,24)/b8-5+. The minimum absolute atomic E-state index is 0.111. The highest BCUT2D eigenvalue weighted by atomic mass is 16.2. The van der Waals surface area contributed by atoms with E-state index in [2.05, 4.69) is 39.3 Å². The summed E-state index contributed by atoms with van der Waals surface area (Å²) in [6, 6.07) is 10.2. The number of aromatic nitrogens is 3. The van der Waals surface area contributed by atoms with Crippen molar-refractivity contribution >= 4 is 12.0 Å². The lowest BCUT2D eigenvalue weighted by Crippen LogP contribution is -2.48. The third-order valence-corrected chi connectivity index (χ3v) is 4.10.